The van der Waals surface area contributed by atoms with Gasteiger partial charge in [-0.2, -0.15) is 5.26 Å². The first-order valence-electron chi connectivity index (χ1n) is 10.9. The number of piperidine rings is 1. The SMILES string of the molecule is Cc1cc(C(C)Nc2ccc(Cl)nc2C(=O)O)c2nc(N3CC4CC4(CF)C3)c(C#N)nc2c1. The number of nitrogens with zero attached hydrogens (tertiary/aromatic N) is 5. The minimum absolute atomic E-state index is 0.0888. The third-order valence-electron chi connectivity index (χ3n) is 6.80. The summed E-state index contributed by atoms with van der Waals surface area (Å²) in [5.74, 6) is -0.445. The molecule has 1 aromatic carbocycles. The predicted octanol–water partition coefficient (Wildman–Crippen LogP) is 4.53. The van der Waals surface area contributed by atoms with Crippen molar-refractivity contribution < 1.29 is 14.3 Å². The average molecular weight is 481 g/mol. The number of aromatic carboxylic acids is 1. The van der Waals surface area contributed by atoms with Crippen LogP contribution in [0.2, 0.25) is 5.15 Å². The second-order valence-corrected chi connectivity index (χ2v) is 9.60. The number of anilines is 2. The van der Waals surface area contributed by atoms with Gasteiger partial charge in [-0.25, -0.2) is 19.7 Å². The number of halogens is 2. The van der Waals surface area contributed by atoms with E-state index in [-0.39, 0.29) is 40.6 Å². The number of nitrogens with one attached hydrogen (secondary N) is 1. The summed E-state index contributed by atoms with van der Waals surface area (Å²) in [4.78, 5) is 27.0. The van der Waals surface area contributed by atoms with Crippen LogP contribution in [0.4, 0.5) is 15.9 Å². The second kappa shape index (κ2) is 8.06. The molecule has 8 nitrogen and oxygen atoms in total. The fourth-order valence-electron chi connectivity index (χ4n) is 4.94. The lowest BCUT2D eigenvalue weighted by Crippen LogP contribution is -2.27. The van der Waals surface area contributed by atoms with Crippen molar-refractivity contribution in [3.8, 4) is 6.07 Å². The molecule has 10 heteroatoms. The van der Waals surface area contributed by atoms with Crippen molar-refractivity contribution >= 4 is 40.1 Å². The largest absolute Gasteiger partial charge is 0.476 e. The van der Waals surface area contributed by atoms with Crippen LogP contribution in [0.25, 0.3) is 11.0 Å². The van der Waals surface area contributed by atoms with Crippen molar-refractivity contribution in [1.29, 1.82) is 5.26 Å². The smallest absolute Gasteiger partial charge is 0.356 e. The van der Waals surface area contributed by atoms with Crippen molar-refractivity contribution in [2.75, 3.05) is 30.0 Å². The summed E-state index contributed by atoms with van der Waals surface area (Å²) in [6.07, 6.45) is 0.870. The van der Waals surface area contributed by atoms with E-state index in [0.29, 0.717) is 35.6 Å². The van der Waals surface area contributed by atoms with E-state index in [1.165, 1.54) is 6.07 Å². The monoisotopic (exact) mass is 480 g/mol. The summed E-state index contributed by atoms with van der Waals surface area (Å²) in [5, 5.41) is 22.6. The molecule has 3 heterocycles. The van der Waals surface area contributed by atoms with Crippen LogP contribution in [0.15, 0.2) is 24.3 Å². The summed E-state index contributed by atoms with van der Waals surface area (Å²) in [5.41, 5.74) is 2.94. The molecule has 1 saturated heterocycles. The molecule has 3 atom stereocenters. The third kappa shape index (κ3) is 3.68. The van der Waals surface area contributed by atoms with Crippen molar-refractivity contribution in [1.82, 2.24) is 15.0 Å². The highest BCUT2D eigenvalue weighted by Gasteiger charge is 2.60. The van der Waals surface area contributed by atoms with Crippen LogP contribution in [0.5, 0.6) is 0 Å². The van der Waals surface area contributed by atoms with Crippen LogP contribution in [0.3, 0.4) is 0 Å². The number of nitriles is 1. The number of carboxylic acid groups (broad SMARTS) is 1. The van der Waals surface area contributed by atoms with Gasteiger partial charge in [0.25, 0.3) is 0 Å². The van der Waals surface area contributed by atoms with Gasteiger partial charge in [-0.15, -0.1) is 0 Å². The number of carbonyl (C=O) groups is 1. The van der Waals surface area contributed by atoms with Gasteiger partial charge in [0.1, 0.15) is 11.2 Å². The Balaban J connectivity index is 1.56. The van der Waals surface area contributed by atoms with Gasteiger partial charge < -0.3 is 15.3 Å². The molecule has 2 N–H and O–H groups in total. The van der Waals surface area contributed by atoms with E-state index in [4.69, 9.17) is 16.6 Å². The quantitative estimate of drug-likeness (QED) is 0.494. The number of rotatable bonds is 6. The fourth-order valence-corrected chi connectivity index (χ4v) is 5.08. The summed E-state index contributed by atoms with van der Waals surface area (Å²) in [6, 6.07) is 8.70. The predicted molar refractivity (Wildman–Crippen MR) is 126 cm³/mol. The van der Waals surface area contributed by atoms with E-state index < -0.39 is 5.97 Å². The van der Waals surface area contributed by atoms with E-state index in [1.807, 2.05) is 30.9 Å². The molecule has 2 aliphatic rings. The zero-order valence-electron chi connectivity index (χ0n) is 18.6. The van der Waals surface area contributed by atoms with Gasteiger partial charge in [-0.1, -0.05) is 17.7 Å². The molecule has 1 aliphatic heterocycles. The second-order valence-electron chi connectivity index (χ2n) is 9.21. The van der Waals surface area contributed by atoms with Gasteiger partial charge in [0.15, 0.2) is 17.2 Å². The lowest BCUT2D eigenvalue weighted by molar-refractivity contribution is 0.0691. The molecule has 174 valence electrons. The Morgan fingerprint density at radius 1 is 1.41 bits per heavy atom. The highest BCUT2D eigenvalue weighted by atomic mass is 35.5. The highest BCUT2D eigenvalue weighted by Crippen LogP contribution is 2.58. The van der Waals surface area contributed by atoms with Gasteiger partial charge in [-0.3, -0.25) is 4.39 Å². The van der Waals surface area contributed by atoms with Crippen LogP contribution < -0.4 is 10.2 Å². The number of hydrogen-bond donors (Lipinski definition) is 2. The normalized spacial score (nSPS) is 21.7. The van der Waals surface area contributed by atoms with E-state index in [1.54, 1.807) is 6.07 Å². The number of benzene rings is 1. The minimum Gasteiger partial charge on any atom is -0.476 e. The number of alkyl halides is 1. The maximum Gasteiger partial charge on any atom is 0.356 e. The molecule has 2 aromatic heterocycles. The summed E-state index contributed by atoms with van der Waals surface area (Å²) < 4.78 is 13.6. The maximum absolute atomic E-state index is 13.6. The fraction of sp³-hybridized carbons (Fsp3) is 0.375. The molecular weight excluding hydrogens is 459 g/mol. The van der Waals surface area contributed by atoms with Crippen LogP contribution in [0, 0.1) is 29.6 Å². The van der Waals surface area contributed by atoms with Crippen molar-refractivity contribution in [2.45, 2.75) is 26.3 Å². The molecule has 3 unspecified atom stereocenters. The van der Waals surface area contributed by atoms with Crippen molar-refractivity contribution in [2.24, 2.45) is 11.3 Å². The lowest BCUT2D eigenvalue weighted by atomic mass is 10.0. The topological polar surface area (TPSA) is 115 Å². The number of fused-ring (bicyclic) bond motifs is 2. The van der Waals surface area contributed by atoms with Gasteiger partial charge in [0.05, 0.1) is 29.4 Å². The average Bonchev–Trinajstić information content (AvgIpc) is 3.38. The van der Waals surface area contributed by atoms with Gasteiger partial charge in [0.2, 0.25) is 0 Å². The number of aromatic nitrogens is 3. The molecule has 1 aliphatic carbocycles. The summed E-state index contributed by atoms with van der Waals surface area (Å²) in [7, 11) is 0. The van der Waals surface area contributed by atoms with E-state index in [0.717, 1.165) is 17.5 Å². The van der Waals surface area contributed by atoms with Crippen LogP contribution >= 0.6 is 11.6 Å². The van der Waals surface area contributed by atoms with Gasteiger partial charge in [0, 0.05) is 24.1 Å². The number of pyridine rings is 1. The molecule has 0 radical (unpaired) electrons. The first-order valence-corrected chi connectivity index (χ1v) is 11.3. The zero-order chi connectivity index (χ0) is 24.2. The molecule has 0 spiro atoms. The van der Waals surface area contributed by atoms with Crippen LogP contribution in [0.1, 0.15) is 46.7 Å². The minimum atomic E-state index is -1.19. The van der Waals surface area contributed by atoms with E-state index >= 15 is 0 Å². The highest BCUT2D eigenvalue weighted by molar-refractivity contribution is 6.29. The number of carboxylic acids is 1. The standard InChI is InChI=1S/C24H22ClFN6O2/c1-12-5-15(13(2)28-16-3-4-19(25)30-21(16)23(33)34)20-17(6-12)29-18(8-27)22(31-20)32-9-14-7-24(14,10-26)11-32/h3-6,13-14,28H,7,9-11H2,1-2H3,(H,33,34). The Labute approximate surface area is 200 Å². The molecule has 0 amide bonds. The van der Waals surface area contributed by atoms with E-state index in [2.05, 4.69) is 21.4 Å². The molecule has 34 heavy (non-hydrogen) atoms. The third-order valence-corrected chi connectivity index (χ3v) is 7.02. The summed E-state index contributed by atoms with van der Waals surface area (Å²) in [6.45, 7) is 4.62. The Hall–Kier alpha value is -3.51. The zero-order valence-corrected chi connectivity index (χ0v) is 19.4. The van der Waals surface area contributed by atoms with Crippen LogP contribution in [-0.4, -0.2) is 45.8 Å². The Morgan fingerprint density at radius 2 is 2.21 bits per heavy atom. The molecular formula is C24H22ClFN6O2. The van der Waals surface area contributed by atoms with E-state index in [9.17, 15) is 19.6 Å². The molecule has 1 saturated carbocycles. The Morgan fingerprint density at radius 3 is 2.88 bits per heavy atom. The molecule has 3 aromatic rings. The van der Waals surface area contributed by atoms with Gasteiger partial charge in [-0.05, 0) is 49.9 Å². The molecule has 0 bridgehead atoms. The Kier molecular flexibility index (Phi) is 5.29. The molecule has 2 fully saturated rings. The first-order chi connectivity index (χ1) is 16.2. The lowest BCUT2D eigenvalue weighted by Gasteiger charge is -2.23. The van der Waals surface area contributed by atoms with Crippen LogP contribution in [-0.2, 0) is 0 Å². The van der Waals surface area contributed by atoms with Crippen molar-refractivity contribution in [3.05, 3.63) is 51.9 Å². The van der Waals surface area contributed by atoms with Crippen molar-refractivity contribution in [3.63, 3.8) is 0 Å². The molecule has 5 rings (SSSR count). The number of hydrogen-bond acceptors (Lipinski definition) is 7. The van der Waals surface area contributed by atoms with Gasteiger partial charge >= 0.3 is 5.97 Å². The number of aryl methyl sites for hydroxylation is 1. The summed E-state index contributed by atoms with van der Waals surface area (Å²) >= 11 is 5.88. The first kappa shape index (κ1) is 22.3. The Bertz CT molecular complexity index is 1370. The maximum atomic E-state index is 13.6.